The first kappa shape index (κ1) is 20.0. The highest BCUT2D eigenvalue weighted by molar-refractivity contribution is 8.18. The van der Waals surface area contributed by atoms with Crippen LogP contribution in [0.15, 0.2) is 70.6 Å². The van der Waals surface area contributed by atoms with Gasteiger partial charge in [0.25, 0.3) is 5.91 Å². The summed E-state index contributed by atoms with van der Waals surface area (Å²) in [6.07, 6.45) is 1.90. The maximum Gasteiger partial charge on any atom is 0.264 e. The maximum absolute atomic E-state index is 12.5. The highest BCUT2D eigenvalue weighted by atomic mass is 32.2. The van der Waals surface area contributed by atoms with E-state index >= 15 is 0 Å². The van der Waals surface area contributed by atoms with Crippen LogP contribution in [0.4, 0.5) is 5.69 Å². The zero-order valence-corrected chi connectivity index (χ0v) is 17.7. The second-order valence-corrected chi connectivity index (χ2v) is 7.57. The number of fused-ring (bicyclic) bond motifs is 1. The number of nitrogens with one attached hydrogen (secondary N) is 1. The van der Waals surface area contributed by atoms with Gasteiger partial charge >= 0.3 is 0 Å². The maximum atomic E-state index is 12.5. The standard InChI is InChI=1S/C24H22N2O3S/c1-3-28-18-12-10-17(11-13-18)25-24-26-23(27)22(30-24)15-16-9-14-21(29-4-2)20-8-6-5-7-19(16)20/h5-15H,3-4H2,1-2H3,(H,25,26,27)/b22-15+. The normalized spacial score (nSPS) is 16.3. The van der Waals surface area contributed by atoms with Gasteiger partial charge in [0.15, 0.2) is 5.17 Å². The number of carbonyl (C=O) groups is 1. The Bertz CT molecular complexity index is 1140. The summed E-state index contributed by atoms with van der Waals surface area (Å²) in [7, 11) is 0. The zero-order valence-electron chi connectivity index (χ0n) is 16.8. The SMILES string of the molecule is CCOc1ccc(N=C2NC(=O)/C(=C\c3ccc(OCC)c4ccccc34)S2)cc1. The fraction of sp³-hybridized carbons (Fsp3) is 0.167. The van der Waals surface area contributed by atoms with Gasteiger partial charge in [0.1, 0.15) is 11.5 Å². The smallest absolute Gasteiger partial charge is 0.264 e. The van der Waals surface area contributed by atoms with Gasteiger partial charge in [-0.25, -0.2) is 4.99 Å². The summed E-state index contributed by atoms with van der Waals surface area (Å²) in [6, 6.07) is 19.4. The van der Waals surface area contributed by atoms with Gasteiger partial charge in [0.2, 0.25) is 0 Å². The van der Waals surface area contributed by atoms with Gasteiger partial charge in [-0.2, -0.15) is 0 Å². The van der Waals surface area contributed by atoms with Crippen molar-refractivity contribution in [3.8, 4) is 11.5 Å². The van der Waals surface area contributed by atoms with Crippen LogP contribution in [-0.4, -0.2) is 24.3 Å². The van der Waals surface area contributed by atoms with Gasteiger partial charge in [-0.05, 0) is 73.0 Å². The predicted molar refractivity (Wildman–Crippen MR) is 124 cm³/mol. The monoisotopic (exact) mass is 418 g/mol. The molecule has 0 atom stereocenters. The largest absolute Gasteiger partial charge is 0.494 e. The molecule has 1 heterocycles. The van der Waals surface area contributed by atoms with Crippen molar-refractivity contribution in [1.82, 2.24) is 5.32 Å². The van der Waals surface area contributed by atoms with E-state index in [1.807, 2.05) is 80.6 Å². The van der Waals surface area contributed by atoms with E-state index < -0.39 is 0 Å². The lowest BCUT2D eigenvalue weighted by atomic mass is 10.0. The van der Waals surface area contributed by atoms with Crippen molar-refractivity contribution < 1.29 is 14.3 Å². The molecular formula is C24H22N2O3S. The highest BCUT2D eigenvalue weighted by Crippen LogP contribution is 2.33. The molecule has 1 aliphatic rings. The molecule has 1 N–H and O–H groups in total. The molecule has 30 heavy (non-hydrogen) atoms. The molecule has 5 nitrogen and oxygen atoms in total. The summed E-state index contributed by atoms with van der Waals surface area (Å²) in [5.41, 5.74) is 1.73. The molecule has 1 aliphatic heterocycles. The minimum absolute atomic E-state index is 0.150. The van der Waals surface area contributed by atoms with Crippen molar-refractivity contribution in [1.29, 1.82) is 0 Å². The van der Waals surface area contributed by atoms with Crippen molar-refractivity contribution in [2.24, 2.45) is 4.99 Å². The number of thioether (sulfide) groups is 1. The van der Waals surface area contributed by atoms with Crippen molar-refractivity contribution in [3.05, 3.63) is 71.1 Å². The molecule has 6 heteroatoms. The van der Waals surface area contributed by atoms with Gasteiger partial charge in [-0.15, -0.1) is 0 Å². The molecule has 0 saturated carbocycles. The number of amidine groups is 1. The third-order valence-electron chi connectivity index (χ3n) is 4.53. The van der Waals surface area contributed by atoms with Crippen LogP contribution in [0.3, 0.4) is 0 Å². The van der Waals surface area contributed by atoms with Gasteiger partial charge < -0.3 is 14.8 Å². The molecule has 3 aromatic rings. The third kappa shape index (κ3) is 4.33. The molecule has 0 aliphatic carbocycles. The number of nitrogens with zero attached hydrogens (tertiary/aromatic N) is 1. The van der Waals surface area contributed by atoms with E-state index in [0.29, 0.717) is 23.3 Å². The van der Waals surface area contributed by atoms with Crippen LogP contribution >= 0.6 is 11.8 Å². The Balaban J connectivity index is 1.61. The van der Waals surface area contributed by atoms with Crippen molar-refractivity contribution in [3.63, 3.8) is 0 Å². The number of benzene rings is 3. The molecule has 0 aromatic heterocycles. The van der Waals surface area contributed by atoms with E-state index in [0.717, 1.165) is 33.5 Å². The fourth-order valence-corrected chi connectivity index (χ4v) is 4.06. The molecule has 152 valence electrons. The first-order chi connectivity index (χ1) is 14.7. The van der Waals surface area contributed by atoms with Crippen molar-refractivity contribution in [2.75, 3.05) is 13.2 Å². The van der Waals surface area contributed by atoms with Crippen LogP contribution in [0, 0.1) is 0 Å². The first-order valence-electron chi connectivity index (χ1n) is 9.85. The molecule has 4 rings (SSSR count). The molecule has 0 unspecified atom stereocenters. The molecule has 1 saturated heterocycles. The molecule has 1 amide bonds. The Morgan fingerprint density at radius 2 is 1.67 bits per heavy atom. The summed E-state index contributed by atoms with van der Waals surface area (Å²) in [5, 5.41) is 5.47. The minimum Gasteiger partial charge on any atom is -0.494 e. The molecule has 1 fully saturated rings. The van der Waals surface area contributed by atoms with Crippen molar-refractivity contribution in [2.45, 2.75) is 13.8 Å². The van der Waals surface area contributed by atoms with Crippen LogP contribution in [0.5, 0.6) is 11.5 Å². The van der Waals surface area contributed by atoms with E-state index in [-0.39, 0.29) is 5.91 Å². The van der Waals surface area contributed by atoms with Crippen LogP contribution in [0.1, 0.15) is 19.4 Å². The lowest BCUT2D eigenvalue weighted by molar-refractivity contribution is -0.115. The van der Waals surface area contributed by atoms with Crippen LogP contribution in [-0.2, 0) is 4.79 Å². The van der Waals surface area contributed by atoms with E-state index in [1.165, 1.54) is 11.8 Å². The summed E-state index contributed by atoms with van der Waals surface area (Å²) in [5.74, 6) is 1.49. The predicted octanol–water partition coefficient (Wildman–Crippen LogP) is 5.53. The summed E-state index contributed by atoms with van der Waals surface area (Å²) >= 11 is 1.33. The zero-order chi connectivity index (χ0) is 20.9. The fourth-order valence-electron chi connectivity index (χ4n) is 3.22. The Labute approximate surface area is 179 Å². The Morgan fingerprint density at radius 1 is 0.933 bits per heavy atom. The second kappa shape index (κ2) is 9.05. The lowest BCUT2D eigenvalue weighted by Crippen LogP contribution is -2.19. The summed E-state index contributed by atoms with van der Waals surface area (Å²) in [4.78, 5) is 17.6. The van der Waals surface area contributed by atoms with Crippen molar-refractivity contribution >= 4 is 45.4 Å². The molecular weight excluding hydrogens is 396 g/mol. The van der Waals surface area contributed by atoms with E-state index in [1.54, 1.807) is 0 Å². The highest BCUT2D eigenvalue weighted by Gasteiger charge is 2.24. The van der Waals surface area contributed by atoms with Gasteiger partial charge in [0.05, 0.1) is 23.8 Å². The number of aliphatic imine (C=N–C) groups is 1. The lowest BCUT2D eigenvalue weighted by Gasteiger charge is -2.09. The molecule has 0 spiro atoms. The number of ether oxygens (including phenoxy) is 2. The van der Waals surface area contributed by atoms with Crippen LogP contribution in [0.2, 0.25) is 0 Å². The Hall–Kier alpha value is -3.25. The van der Waals surface area contributed by atoms with Gasteiger partial charge in [-0.1, -0.05) is 30.3 Å². The molecule has 0 radical (unpaired) electrons. The molecule has 3 aromatic carbocycles. The van der Waals surface area contributed by atoms with Gasteiger partial charge in [0, 0.05) is 5.39 Å². The van der Waals surface area contributed by atoms with E-state index in [4.69, 9.17) is 9.47 Å². The van der Waals surface area contributed by atoms with Gasteiger partial charge in [-0.3, -0.25) is 4.79 Å². The summed E-state index contributed by atoms with van der Waals surface area (Å²) in [6.45, 7) is 5.14. The van der Waals surface area contributed by atoms with Crippen LogP contribution in [0.25, 0.3) is 16.8 Å². The molecule has 0 bridgehead atoms. The van der Waals surface area contributed by atoms with Crippen LogP contribution < -0.4 is 14.8 Å². The quantitative estimate of drug-likeness (QED) is 0.535. The number of rotatable bonds is 6. The Kier molecular flexibility index (Phi) is 6.05. The third-order valence-corrected chi connectivity index (χ3v) is 5.44. The Morgan fingerprint density at radius 3 is 2.40 bits per heavy atom. The topological polar surface area (TPSA) is 59.9 Å². The number of carbonyl (C=O) groups excluding carboxylic acids is 1. The second-order valence-electron chi connectivity index (χ2n) is 6.54. The number of hydrogen-bond acceptors (Lipinski definition) is 5. The minimum atomic E-state index is -0.150. The number of amides is 1. The summed E-state index contributed by atoms with van der Waals surface area (Å²) < 4.78 is 11.2. The average Bonchev–Trinajstić information content (AvgIpc) is 3.10. The van der Waals surface area contributed by atoms with E-state index in [9.17, 15) is 4.79 Å². The average molecular weight is 419 g/mol. The first-order valence-corrected chi connectivity index (χ1v) is 10.7. The van der Waals surface area contributed by atoms with E-state index in [2.05, 4.69) is 10.3 Å². The number of hydrogen-bond donors (Lipinski definition) is 1.